The topological polar surface area (TPSA) is 73.9 Å². The molecule has 1 amide bonds. The summed E-state index contributed by atoms with van der Waals surface area (Å²) in [5.41, 5.74) is 0.641. The summed E-state index contributed by atoms with van der Waals surface area (Å²) in [6, 6.07) is 13.7. The molecule has 6 heteroatoms. The van der Waals surface area contributed by atoms with Gasteiger partial charge in [0.15, 0.2) is 17.6 Å². The summed E-state index contributed by atoms with van der Waals surface area (Å²) < 4.78 is 15.5. The Morgan fingerprint density at radius 2 is 1.58 bits per heavy atom. The lowest BCUT2D eigenvalue weighted by Gasteiger charge is -2.17. The zero-order chi connectivity index (χ0) is 17.5. The number of anilines is 1. The third-order valence-corrected chi connectivity index (χ3v) is 3.33. The van der Waals surface area contributed by atoms with Gasteiger partial charge in [-0.15, -0.1) is 0 Å². The molecule has 0 heterocycles. The summed E-state index contributed by atoms with van der Waals surface area (Å²) in [5.74, 6) is 0.0810. The van der Waals surface area contributed by atoms with Gasteiger partial charge in [0.25, 0.3) is 5.91 Å². The van der Waals surface area contributed by atoms with Crippen LogP contribution in [0.15, 0.2) is 48.5 Å². The molecule has 0 aliphatic heterocycles. The van der Waals surface area contributed by atoms with E-state index in [1.54, 1.807) is 49.4 Å². The predicted molar refractivity (Wildman–Crippen MR) is 89.5 cm³/mol. The standard InChI is InChI=1S/C18H19NO5/c1-12(24-16-11-7-6-10-15(16)22-2)17(20)19-14-9-5-4-8-13(14)18(21)23-3/h4-12H,1-3H3,(H,19,20)/t12-/m1/s1. The maximum Gasteiger partial charge on any atom is 0.339 e. The fraction of sp³-hybridized carbons (Fsp3) is 0.222. The number of hydrogen-bond acceptors (Lipinski definition) is 5. The molecule has 0 saturated heterocycles. The Kier molecular flexibility index (Phi) is 5.78. The predicted octanol–water partition coefficient (Wildman–Crippen LogP) is 2.89. The van der Waals surface area contributed by atoms with E-state index in [0.29, 0.717) is 17.2 Å². The van der Waals surface area contributed by atoms with Gasteiger partial charge >= 0.3 is 5.97 Å². The zero-order valence-corrected chi connectivity index (χ0v) is 13.7. The van der Waals surface area contributed by atoms with E-state index >= 15 is 0 Å². The number of ether oxygens (including phenoxy) is 3. The van der Waals surface area contributed by atoms with Gasteiger partial charge in [-0.3, -0.25) is 4.79 Å². The fourth-order valence-corrected chi connectivity index (χ4v) is 2.07. The quantitative estimate of drug-likeness (QED) is 0.825. The highest BCUT2D eigenvalue weighted by Crippen LogP contribution is 2.27. The van der Waals surface area contributed by atoms with Crippen LogP contribution in [0.25, 0.3) is 0 Å². The van der Waals surface area contributed by atoms with Crippen LogP contribution in [0.4, 0.5) is 5.69 Å². The van der Waals surface area contributed by atoms with Crippen molar-refractivity contribution in [3.05, 3.63) is 54.1 Å². The number of nitrogens with one attached hydrogen (secondary N) is 1. The lowest BCUT2D eigenvalue weighted by molar-refractivity contribution is -0.122. The van der Waals surface area contributed by atoms with Crippen molar-refractivity contribution >= 4 is 17.6 Å². The molecule has 24 heavy (non-hydrogen) atoms. The van der Waals surface area contributed by atoms with Crippen molar-refractivity contribution in [3.63, 3.8) is 0 Å². The van der Waals surface area contributed by atoms with Crippen LogP contribution >= 0.6 is 0 Å². The minimum absolute atomic E-state index is 0.276. The second-order valence-electron chi connectivity index (χ2n) is 4.94. The Morgan fingerprint density at radius 1 is 0.958 bits per heavy atom. The van der Waals surface area contributed by atoms with Crippen molar-refractivity contribution in [2.24, 2.45) is 0 Å². The third-order valence-electron chi connectivity index (χ3n) is 3.33. The average Bonchev–Trinajstić information content (AvgIpc) is 2.61. The second-order valence-corrected chi connectivity index (χ2v) is 4.94. The average molecular weight is 329 g/mol. The summed E-state index contributed by atoms with van der Waals surface area (Å²) in [6.07, 6.45) is -0.785. The van der Waals surface area contributed by atoms with Gasteiger partial charge in [-0.1, -0.05) is 24.3 Å². The first-order valence-corrected chi connectivity index (χ1v) is 7.34. The van der Waals surface area contributed by atoms with E-state index in [9.17, 15) is 9.59 Å². The van der Waals surface area contributed by atoms with Crippen LogP contribution < -0.4 is 14.8 Å². The van der Waals surface area contributed by atoms with Crippen molar-refractivity contribution < 1.29 is 23.8 Å². The van der Waals surface area contributed by atoms with Gasteiger partial charge in [-0.2, -0.15) is 0 Å². The van der Waals surface area contributed by atoms with E-state index in [0.717, 1.165) is 0 Å². The molecule has 126 valence electrons. The van der Waals surface area contributed by atoms with E-state index in [1.807, 2.05) is 6.07 Å². The molecule has 0 radical (unpaired) electrons. The molecule has 0 bridgehead atoms. The van der Waals surface area contributed by atoms with Crippen LogP contribution in [-0.2, 0) is 9.53 Å². The number of rotatable bonds is 6. The minimum Gasteiger partial charge on any atom is -0.493 e. The van der Waals surface area contributed by atoms with Gasteiger partial charge in [-0.05, 0) is 31.2 Å². The fourth-order valence-electron chi connectivity index (χ4n) is 2.07. The summed E-state index contributed by atoms with van der Waals surface area (Å²) in [6.45, 7) is 1.61. The molecular formula is C18H19NO5. The highest BCUT2D eigenvalue weighted by molar-refractivity contribution is 6.02. The Hall–Kier alpha value is -3.02. The molecule has 0 unspecified atom stereocenters. The first-order valence-electron chi connectivity index (χ1n) is 7.34. The summed E-state index contributed by atoms with van der Waals surface area (Å²) in [5, 5.41) is 2.68. The Morgan fingerprint density at radius 3 is 2.25 bits per heavy atom. The van der Waals surface area contributed by atoms with Gasteiger partial charge < -0.3 is 19.5 Å². The van der Waals surface area contributed by atoms with Crippen molar-refractivity contribution in [1.29, 1.82) is 0 Å². The monoisotopic (exact) mass is 329 g/mol. The van der Waals surface area contributed by atoms with Crippen LogP contribution in [0.3, 0.4) is 0 Å². The highest BCUT2D eigenvalue weighted by Gasteiger charge is 2.19. The van der Waals surface area contributed by atoms with Crippen molar-refractivity contribution in [2.75, 3.05) is 19.5 Å². The first-order chi connectivity index (χ1) is 11.6. The summed E-state index contributed by atoms with van der Waals surface area (Å²) >= 11 is 0. The van der Waals surface area contributed by atoms with Gasteiger partial charge in [0.1, 0.15) is 0 Å². The van der Waals surface area contributed by atoms with E-state index in [4.69, 9.17) is 14.2 Å². The molecule has 0 aliphatic carbocycles. The van der Waals surface area contributed by atoms with E-state index in [1.165, 1.54) is 14.2 Å². The molecule has 0 spiro atoms. The molecule has 2 aromatic carbocycles. The van der Waals surface area contributed by atoms with Crippen LogP contribution in [0, 0.1) is 0 Å². The zero-order valence-electron chi connectivity index (χ0n) is 13.7. The molecular weight excluding hydrogens is 310 g/mol. The Balaban J connectivity index is 2.11. The van der Waals surface area contributed by atoms with Crippen LogP contribution in [0.2, 0.25) is 0 Å². The molecule has 0 aromatic heterocycles. The second kappa shape index (κ2) is 8.01. The molecule has 0 aliphatic rings. The van der Waals surface area contributed by atoms with Crippen molar-refractivity contribution in [1.82, 2.24) is 0 Å². The number of carbonyl (C=O) groups is 2. The minimum atomic E-state index is -0.785. The summed E-state index contributed by atoms with van der Waals surface area (Å²) in [7, 11) is 2.81. The molecule has 1 atom stereocenters. The number of carbonyl (C=O) groups excluding carboxylic acids is 2. The SMILES string of the molecule is COC(=O)c1ccccc1NC(=O)[C@@H](C)Oc1ccccc1OC. The number of esters is 1. The molecule has 6 nitrogen and oxygen atoms in total. The molecule has 2 aromatic rings. The maximum absolute atomic E-state index is 12.4. The molecule has 0 saturated carbocycles. The molecule has 0 fully saturated rings. The van der Waals surface area contributed by atoms with Gasteiger partial charge in [0, 0.05) is 0 Å². The Bertz CT molecular complexity index is 729. The molecule has 2 rings (SSSR count). The van der Waals surface area contributed by atoms with Gasteiger partial charge in [-0.25, -0.2) is 4.79 Å². The van der Waals surface area contributed by atoms with E-state index in [2.05, 4.69) is 5.32 Å². The number of hydrogen-bond donors (Lipinski definition) is 1. The first kappa shape index (κ1) is 17.3. The number of amides is 1. The van der Waals surface area contributed by atoms with Crippen molar-refractivity contribution in [3.8, 4) is 11.5 Å². The number of benzene rings is 2. The highest BCUT2D eigenvalue weighted by atomic mass is 16.5. The van der Waals surface area contributed by atoms with E-state index in [-0.39, 0.29) is 5.56 Å². The van der Waals surface area contributed by atoms with Crippen LogP contribution in [-0.4, -0.2) is 32.2 Å². The van der Waals surface area contributed by atoms with Crippen molar-refractivity contribution in [2.45, 2.75) is 13.0 Å². The number of methoxy groups -OCH3 is 2. The smallest absolute Gasteiger partial charge is 0.339 e. The lowest BCUT2D eigenvalue weighted by Crippen LogP contribution is -2.30. The maximum atomic E-state index is 12.4. The van der Waals surface area contributed by atoms with Gasteiger partial charge in [0.2, 0.25) is 0 Å². The van der Waals surface area contributed by atoms with Gasteiger partial charge in [0.05, 0.1) is 25.5 Å². The van der Waals surface area contributed by atoms with Crippen LogP contribution in [0.1, 0.15) is 17.3 Å². The van der Waals surface area contributed by atoms with E-state index < -0.39 is 18.0 Å². The normalized spacial score (nSPS) is 11.3. The largest absolute Gasteiger partial charge is 0.493 e. The Labute approximate surface area is 140 Å². The lowest BCUT2D eigenvalue weighted by atomic mass is 10.1. The number of para-hydroxylation sites is 3. The molecule has 1 N–H and O–H groups in total. The third kappa shape index (κ3) is 4.04. The summed E-state index contributed by atoms with van der Waals surface area (Å²) in [4.78, 5) is 24.1. The van der Waals surface area contributed by atoms with Crippen LogP contribution in [0.5, 0.6) is 11.5 Å².